The van der Waals surface area contributed by atoms with Gasteiger partial charge >= 0.3 is 0 Å². The Hall–Kier alpha value is -2.30. The average Bonchev–Trinajstić information content (AvgIpc) is 2.36. The van der Waals surface area contributed by atoms with Gasteiger partial charge in [-0.05, 0) is 32.9 Å². The highest BCUT2D eigenvalue weighted by molar-refractivity contribution is 5.67. The van der Waals surface area contributed by atoms with E-state index in [4.69, 9.17) is 10.5 Å². The van der Waals surface area contributed by atoms with Gasteiger partial charge in [-0.2, -0.15) is 4.98 Å². The minimum absolute atomic E-state index is 0.240. The van der Waals surface area contributed by atoms with Gasteiger partial charge in [0.15, 0.2) is 5.82 Å². The predicted octanol–water partition coefficient (Wildman–Crippen LogP) is 2.98. The van der Waals surface area contributed by atoms with E-state index >= 15 is 0 Å². The van der Waals surface area contributed by atoms with E-state index in [0.717, 1.165) is 0 Å². The molecule has 0 radical (unpaired) electrons. The number of aromatic nitrogens is 2. The molecule has 100 valence electrons. The number of ether oxygens (including phenoxy) is 1. The number of rotatable bonds is 4. The minimum Gasteiger partial charge on any atom is -0.437 e. The number of hydrogen-bond donors (Lipinski definition) is 2. The molecular formula is C14H18N4O. The summed E-state index contributed by atoms with van der Waals surface area (Å²) in [4.78, 5) is 8.17. The third-order valence-electron chi connectivity index (χ3n) is 2.51. The Morgan fingerprint density at radius 1 is 1.16 bits per heavy atom. The Morgan fingerprint density at radius 3 is 2.47 bits per heavy atom. The fourth-order valence-electron chi connectivity index (χ4n) is 1.57. The fraction of sp³-hybridized carbons (Fsp3) is 0.286. The minimum atomic E-state index is 0.240. The maximum absolute atomic E-state index is 6.00. The first kappa shape index (κ1) is 13.1. The summed E-state index contributed by atoms with van der Waals surface area (Å²) in [6.07, 6.45) is 1.44. The van der Waals surface area contributed by atoms with E-state index in [9.17, 15) is 0 Å². The molecule has 0 atom stereocenters. The molecule has 2 aromatic rings. The summed E-state index contributed by atoms with van der Waals surface area (Å²) in [6.45, 7) is 6.05. The molecule has 1 heterocycles. The Kier molecular flexibility index (Phi) is 3.85. The van der Waals surface area contributed by atoms with Crippen LogP contribution in [0.15, 0.2) is 30.6 Å². The van der Waals surface area contributed by atoms with Gasteiger partial charge in [-0.15, -0.1) is 0 Å². The van der Waals surface area contributed by atoms with Crippen LogP contribution in [-0.2, 0) is 0 Å². The lowest BCUT2D eigenvalue weighted by Crippen LogP contribution is -2.13. The standard InChI is InChI=1S/C14H18N4O/c1-9(2)18-13-12(15)14(17-8-16-13)19-11-6-4-10(3)5-7-11/h4-9H,15H2,1-3H3,(H,16,17,18). The molecule has 3 N–H and O–H groups in total. The van der Waals surface area contributed by atoms with Crippen LogP contribution in [0.1, 0.15) is 19.4 Å². The molecule has 5 nitrogen and oxygen atoms in total. The number of anilines is 2. The SMILES string of the molecule is Cc1ccc(Oc2ncnc(NC(C)C)c2N)cc1. The van der Waals surface area contributed by atoms with Crippen molar-refractivity contribution in [1.82, 2.24) is 9.97 Å². The lowest BCUT2D eigenvalue weighted by Gasteiger charge is -2.13. The molecule has 0 saturated heterocycles. The van der Waals surface area contributed by atoms with Crippen molar-refractivity contribution in [3.05, 3.63) is 36.2 Å². The third kappa shape index (κ3) is 3.34. The highest BCUT2D eigenvalue weighted by Gasteiger charge is 2.10. The van der Waals surface area contributed by atoms with Crippen LogP contribution in [0, 0.1) is 6.92 Å². The molecule has 0 fully saturated rings. The Morgan fingerprint density at radius 2 is 1.84 bits per heavy atom. The van der Waals surface area contributed by atoms with Crippen LogP contribution in [0.25, 0.3) is 0 Å². The number of nitrogens with zero attached hydrogens (tertiary/aromatic N) is 2. The van der Waals surface area contributed by atoms with Crippen molar-refractivity contribution in [1.29, 1.82) is 0 Å². The fourth-order valence-corrected chi connectivity index (χ4v) is 1.57. The van der Waals surface area contributed by atoms with E-state index in [1.165, 1.54) is 11.9 Å². The Bertz CT molecular complexity index is 552. The molecule has 0 aliphatic heterocycles. The van der Waals surface area contributed by atoms with Gasteiger partial charge in [0.1, 0.15) is 17.8 Å². The molecule has 1 aromatic heterocycles. The van der Waals surface area contributed by atoms with Gasteiger partial charge in [0.05, 0.1) is 0 Å². The Balaban J connectivity index is 2.23. The van der Waals surface area contributed by atoms with Crippen LogP contribution in [0.5, 0.6) is 11.6 Å². The van der Waals surface area contributed by atoms with E-state index in [2.05, 4.69) is 15.3 Å². The van der Waals surface area contributed by atoms with Crippen LogP contribution in [0.3, 0.4) is 0 Å². The molecular weight excluding hydrogens is 240 g/mol. The molecule has 0 unspecified atom stereocenters. The summed E-state index contributed by atoms with van der Waals surface area (Å²) >= 11 is 0. The molecule has 1 aromatic carbocycles. The van der Waals surface area contributed by atoms with E-state index < -0.39 is 0 Å². The van der Waals surface area contributed by atoms with Crippen molar-refractivity contribution in [2.75, 3.05) is 11.1 Å². The van der Waals surface area contributed by atoms with Crippen LogP contribution in [0.4, 0.5) is 11.5 Å². The largest absolute Gasteiger partial charge is 0.437 e. The quantitative estimate of drug-likeness (QED) is 0.882. The van der Waals surface area contributed by atoms with E-state index in [-0.39, 0.29) is 6.04 Å². The lowest BCUT2D eigenvalue weighted by molar-refractivity contribution is 0.464. The zero-order chi connectivity index (χ0) is 13.8. The van der Waals surface area contributed by atoms with Crippen molar-refractivity contribution in [2.45, 2.75) is 26.8 Å². The summed E-state index contributed by atoms with van der Waals surface area (Å²) in [5, 5.41) is 3.15. The average molecular weight is 258 g/mol. The maximum Gasteiger partial charge on any atom is 0.248 e. The lowest BCUT2D eigenvalue weighted by atomic mass is 10.2. The molecule has 0 saturated carbocycles. The van der Waals surface area contributed by atoms with Crippen molar-refractivity contribution in [3.8, 4) is 11.6 Å². The van der Waals surface area contributed by atoms with E-state index in [1.807, 2.05) is 45.0 Å². The number of nitrogens with one attached hydrogen (secondary N) is 1. The number of hydrogen-bond acceptors (Lipinski definition) is 5. The van der Waals surface area contributed by atoms with Gasteiger partial charge in [-0.1, -0.05) is 17.7 Å². The first-order chi connectivity index (χ1) is 9.06. The maximum atomic E-state index is 6.00. The summed E-state index contributed by atoms with van der Waals surface area (Å²) < 4.78 is 5.67. The summed E-state index contributed by atoms with van der Waals surface area (Å²) in [5.74, 6) is 1.65. The Labute approximate surface area is 112 Å². The van der Waals surface area contributed by atoms with Gasteiger partial charge in [-0.25, -0.2) is 4.98 Å². The second kappa shape index (κ2) is 5.56. The van der Waals surface area contributed by atoms with E-state index in [0.29, 0.717) is 23.1 Å². The van der Waals surface area contributed by atoms with Gasteiger partial charge in [-0.3, -0.25) is 0 Å². The van der Waals surface area contributed by atoms with Crippen LogP contribution < -0.4 is 15.8 Å². The molecule has 5 heteroatoms. The van der Waals surface area contributed by atoms with Crippen molar-refractivity contribution < 1.29 is 4.74 Å². The molecule has 19 heavy (non-hydrogen) atoms. The van der Waals surface area contributed by atoms with Gasteiger partial charge in [0.2, 0.25) is 5.88 Å². The van der Waals surface area contributed by atoms with Gasteiger partial charge in [0.25, 0.3) is 0 Å². The van der Waals surface area contributed by atoms with Gasteiger partial charge in [0, 0.05) is 6.04 Å². The third-order valence-corrected chi connectivity index (χ3v) is 2.51. The molecule has 2 rings (SSSR count). The van der Waals surface area contributed by atoms with Crippen LogP contribution in [0.2, 0.25) is 0 Å². The van der Waals surface area contributed by atoms with Crippen LogP contribution in [-0.4, -0.2) is 16.0 Å². The molecule has 0 bridgehead atoms. The number of benzene rings is 1. The summed E-state index contributed by atoms with van der Waals surface area (Å²) in [7, 11) is 0. The number of aryl methyl sites for hydroxylation is 1. The number of nitrogen functional groups attached to an aromatic ring is 1. The predicted molar refractivity (Wildman–Crippen MR) is 76.5 cm³/mol. The van der Waals surface area contributed by atoms with Crippen molar-refractivity contribution in [3.63, 3.8) is 0 Å². The zero-order valence-corrected chi connectivity index (χ0v) is 11.3. The van der Waals surface area contributed by atoms with Crippen LogP contribution >= 0.6 is 0 Å². The van der Waals surface area contributed by atoms with E-state index in [1.54, 1.807) is 0 Å². The van der Waals surface area contributed by atoms with Gasteiger partial charge < -0.3 is 15.8 Å². The van der Waals surface area contributed by atoms with Crippen molar-refractivity contribution in [2.24, 2.45) is 0 Å². The normalized spacial score (nSPS) is 10.5. The monoisotopic (exact) mass is 258 g/mol. The summed E-state index contributed by atoms with van der Waals surface area (Å²) in [5.41, 5.74) is 7.58. The highest BCUT2D eigenvalue weighted by atomic mass is 16.5. The first-order valence-electron chi connectivity index (χ1n) is 6.18. The molecule has 0 aliphatic rings. The smallest absolute Gasteiger partial charge is 0.248 e. The zero-order valence-electron chi connectivity index (χ0n) is 11.3. The first-order valence-corrected chi connectivity index (χ1v) is 6.18. The van der Waals surface area contributed by atoms with Crippen molar-refractivity contribution >= 4 is 11.5 Å². The summed E-state index contributed by atoms with van der Waals surface area (Å²) in [6, 6.07) is 7.95. The molecule has 0 aliphatic carbocycles. The second-order valence-corrected chi connectivity index (χ2v) is 4.66. The molecule has 0 spiro atoms. The highest BCUT2D eigenvalue weighted by Crippen LogP contribution is 2.29. The second-order valence-electron chi connectivity index (χ2n) is 4.66. The topological polar surface area (TPSA) is 73.1 Å². The molecule has 0 amide bonds. The number of nitrogens with two attached hydrogens (primary N) is 1.